The van der Waals surface area contributed by atoms with Crippen molar-refractivity contribution in [3.8, 4) is 5.75 Å². The number of aliphatic hydroxyl groups is 1. The Hall–Kier alpha value is -2.42. The third-order valence-electron chi connectivity index (χ3n) is 4.48. The Labute approximate surface area is 159 Å². The second-order valence-electron chi connectivity index (χ2n) is 6.51. The molecule has 0 radical (unpaired) electrons. The fourth-order valence-corrected chi connectivity index (χ4v) is 3.83. The van der Waals surface area contributed by atoms with Crippen molar-refractivity contribution >= 4 is 28.2 Å². The van der Waals surface area contributed by atoms with Crippen molar-refractivity contribution in [1.29, 1.82) is 0 Å². The molecule has 1 fully saturated rings. The number of nitrogens with zero attached hydrogens (tertiary/aromatic N) is 1. The summed E-state index contributed by atoms with van der Waals surface area (Å²) in [6.07, 6.45) is 1.10. The van der Waals surface area contributed by atoms with Gasteiger partial charge in [-0.15, -0.1) is 11.3 Å². The number of nitrogens with one attached hydrogen (secondary N) is 1. The molecule has 27 heavy (non-hydrogen) atoms. The van der Waals surface area contributed by atoms with Crippen molar-refractivity contribution in [2.75, 3.05) is 13.2 Å². The number of ether oxygens (including phenoxy) is 2. The van der Waals surface area contributed by atoms with Crippen LogP contribution >= 0.6 is 11.3 Å². The Morgan fingerprint density at radius 1 is 1.41 bits per heavy atom. The molecule has 0 bridgehead atoms. The van der Waals surface area contributed by atoms with Gasteiger partial charge in [-0.05, 0) is 32.0 Å². The van der Waals surface area contributed by atoms with Gasteiger partial charge < -0.3 is 24.3 Å². The lowest BCUT2D eigenvalue weighted by molar-refractivity contribution is 0.0886. The highest BCUT2D eigenvalue weighted by molar-refractivity contribution is 7.11. The van der Waals surface area contributed by atoms with Gasteiger partial charge in [-0.2, -0.15) is 0 Å². The van der Waals surface area contributed by atoms with Gasteiger partial charge >= 0.3 is 0 Å². The molecule has 1 aliphatic rings. The predicted molar refractivity (Wildman–Crippen MR) is 100 cm³/mol. The van der Waals surface area contributed by atoms with Gasteiger partial charge in [0.25, 0.3) is 5.91 Å². The minimum absolute atomic E-state index is 0.227. The maximum Gasteiger partial charge on any atom is 0.255 e. The van der Waals surface area contributed by atoms with E-state index < -0.39 is 12.1 Å². The number of thiazole rings is 1. The zero-order chi connectivity index (χ0) is 19.0. The summed E-state index contributed by atoms with van der Waals surface area (Å²) < 4.78 is 16.7. The highest BCUT2D eigenvalue weighted by atomic mass is 32.1. The number of aryl methyl sites for hydroxylation is 2. The first-order valence-electron chi connectivity index (χ1n) is 8.65. The first kappa shape index (κ1) is 18.0. The molecule has 1 unspecified atom stereocenters. The van der Waals surface area contributed by atoms with Crippen molar-refractivity contribution in [1.82, 2.24) is 10.3 Å². The molecule has 0 aliphatic carbocycles. The monoisotopic (exact) mass is 388 g/mol. The summed E-state index contributed by atoms with van der Waals surface area (Å²) in [5, 5.41) is 14.3. The van der Waals surface area contributed by atoms with Crippen molar-refractivity contribution in [2.45, 2.75) is 32.6 Å². The maximum atomic E-state index is 12.8. The minimum atomic E-state index is -0.700. The second kappa shape index (κ2) is 7.30. The number of hydrogen-bond donors (Lipinski definition) is 2. The molecule has 7 nitrogen and oxygen atoms in total. The summed E-state index contributed by atoms with van der Waals surface area (Å²) in [5.74, 6) is 0.870. The number of carbonyl (C=O) groups is 1. The van der Waals surface area contributed by atoms with Crippen LogP contribution in [0.4, 0.5) is 0 Å². The number of amides is 1. The molecule has 1 amide bonds. The zero-order valence-corrected chi connectivity index (χ0v) is 15.8. The molecule has 3 heterocycles. The Kier molecular flexibility index (Phi) is 4.86. The number of carbonyl (C=O) groups excluding carboxylic acids is 1. The number of rotatable bonds is 5. The third-order valence-corrected chi connectivity index (χ3v) is 5.37. The van der Waals surface area contributed by atoms with Gasteiger partial charge in [0.1, 0.15) is 23.7 Å². The molecule has 4 rings (SSSR count). The van der Waals surface area contributed by atoms with Crippen molar-refractivity contribution in [3.63, 3.8) is 0 Å². The van der Waals surface area contributed by atoms with Crippen LogP contribution in [0.25, 0.3) is 11.0 Å². The lowest BCUT2D eigenvalue weighted by atomic mass is 10.1. The number of benzene rings is 1. The van der Waals surface area contributed by atoms with Gasteiger partial charge in [0, 0.05) is 11.6 Å². The van der Waals surface area contributed by atoms with Gasteiger partial charge in [-0.1, -0.05) is 0 Å². The summed E-state index contributed by atoms with van der Waals surface area (Å²) >= 11 is 1.59. The Balaban J connectivity index is 1.56. The fourth-order valence-electron chi connectivity index (χ4n) is 3.12. The lowest BCUT2D eigenvalue weighted by Gasteiger charge is -2.14. The molecular weight excluding hydrogens is 368 g/mol. The molecule has 142 valence electrons. The van der Waals surface area contributed by atoms with Gasteiger partial charge in [-0.25, -0.2) is 4.98 Å². The molecular formula is C19H20N2O5S. The molecule has 1 saturated heterocycles. The number of aromatic nitrogens is 1. The Morgan fingerprint density at radius 3 is 2.96 bits per heavy atom. The van der Waals surface area contributed by atoms with Crippen LogP contribution in [0.5, 0.6) is 5.75 Å². The largest absolute Gasteiger partial charge is 0.488 e. The van der Waals surface area contributed by atoms with Crippen LogP contribution in [0.15, 0.2) is 28.8 Å². The summed E-state index contributed by atoms with van der Waals surface area (Å²) in [7, 11) is 0. The molecule has 0 saturated carbocycles. The predicted octanol–water partition coefficient (Wildman–Crippen LogP) is 2.57. The van der Waals surface area contributed by atoms with Gasteiger partial charge in [-0.3, -0.25) is 4.79 Å². The molecule has 1 aliphatic heterocycles. The van der Waals surface area contributed by atoms with Crippen molar-refractivity contribution in [2.24, 2.45) is 0 Å². The smallest absolute Gasteiger partial charge is 0.255 e. The fraction of sp³-hybridized carbons (Fsp3) is 0.368. The van der Waals surface area contributed by atoms with E-state index in [0.717, 1.165) is 9.88 Å². The molecule has 2 aromatic heterocycles. The van der Waals surface area contributed by atoms with E-state index in [1.807, 2.05) is 13.0 Å². The molecule has 2 atom stereocenters. The van der Waals surface area contributed by atoms with Gasteiger partial charge in [0.15, 0.2) is 0 Å². The van der Waals surface area contributed by atoms with E-state index in [4.69, 9.17) is 13.9 Å². The number of fused-ring (bicyclic) bond motifs is 1. The highest BCUT2D eigenvalue weighted by Gasteiger charge is 2.29. The average Bonchev–Trinajstić information content (AvgIpc) is 3.31. The summed E-state index contributed by atoms with van der Waals surface area (Å²) in [5.41, 5.74) is 1.06. The summed E-state index contributed by atoms with van der Waals surface area (Å²) in [6.45, 7) is 4.64. The van der Waals surface area contributed by atoms with Crippen LogP contribution in [0.2, 0.25) is 0 Å². The van der Waals surface area contributed by atoms with Crippen molar-refractivity contribution in [3.05, 3.63) is 45.6 Å². The third kappa shape index (κ3) is 3.69. The molecule has 8 heteroatoms. The molecule has 2 N–H and O–H groups in total. The van der Waals surface area contributed by atoms with Gasteiger partial charge in [0.05, 0.1) is 40.8 Å². The molecule has 0 spiro atoms. The number of hydrogen-bond acceptors (Lipinski definition) is 7. The standard InChI is InChI=1S/C19H20N2O5S/c1-10-18(19(23)21-15-8-24-9-16(15)22)14-5-12(3-4-17(14)26-10)25-7-13-6-20-11(2)27-13/h3-6,15-16,22H,7-9H2,1-2H3,(H,21,23)/t15?,16-/m0/s1. The van der Waals surface area contributed by atoms with E-state index in [1.165, 1.54) is 0 Å². The quantitative estimate of drug-likeness (QED) is 0.698. The van der Waals surface area contributed by atoms with Crippen LogP contribution in [0, 0.1) is 13.8 Å². The minimum Gasteiger partial charge on any atom is -0.488 e. The van der Waals surface area contributed by atoms with E-state index in [-0.39, 0.29) is 12.5 Å². The van der Waals surface area contributed by atoms with Crippen LogP contribution < -0.4 is 10.1 Å². The topological polar surface area (TPSA) is 93.8 Å². The summed E-state index contributed by atoms with van der Waals surface area (Å²) in [4.78, 5) is 18.0. The number of aliphatic hydroxyl groups excluding tert-OH is 1. The second-order valence-corrected chi connectivity index (χ2v) is 7.83. The first-order chi connectivity index (χ1) is 13.0. The van der Waals surface area contributed by atoms with E-state index in [0.29, 0.717) is 41.3 Å². The Morgan fingerprint density at radius 2 is 2.26 bits per heavy atom. The van der Waals surface area contributed by atoms with Crippen LogP contribution in [0.1, 0.15) is 26.0 Å². The zero-order valence-electron chi connectivity index (χ0n) is 15.0. The first-order valence-corrected chi connectivity index (χ1v) is 9.47. The number of furan rings is 1. The van der Waals surface area contributed by atoms with Crippen LogP contribution in [-0.2, 0) is 11.3 Å². The van der Waals surface area contributed by atoms with E-state index in [1.54, 1.807) is 36.6 Å². The average molecular weight is 388 g/mol. The lowest BCUT2D eigenvalue weighted by Crippen LogP contribution is -2.42. The SMILES string of the molecule is Cc1ncc(COc2ccc3oc(C)c(C(=O)NC4COC[C@@H]4O)c3c2)s1. The van der Waals surface area contributed by atoms with Crippen molar-refractivity contribution < 1.29 is 23.8 Å². The normalized spacial score (nSPS) is 19.5. The van der Waals surface area contributed by atoms with Crippen LogP contribution in [-0.4, -0.2) is 41.4 Å². The summed E-state index contributed by atoms with van der Waals surface area (Å²) in [6, 6.07) is 4.99. The van der Waals surface area contributed by atoms with E-state index >= 15 is 0 Å². The maximum absolute atomic E-state index is 12.8. The van der Waals surface area contributed by atoms with E-state index in [2.05, 4.69) is 10.3 Å². The van der Waals surface area contributed by atoms with Crippen LogP contribution in [0.3, 0.4) is 0 Å². The van der Waals surface area contributed by atoms with Gasteiger partial charge in [0.2, 0.25) is 0 Å². The molecule has 3 aromatic rings. The Bertz CT molecular complexity index is 980. The molecule has 1 aromatic carbocycles. The van der Waals surface area contributed by atoms with E-state index in [9.17, 15) is 9.90 Å². The highest BCUT2D eigenvalue weighted by Crippen LogP contribution is 2.30.